The third kappa shape index (κ3) is 3.25. The standard InChI is InChI=1S/C15H21N3O/c1-12-10-17(2)6-7-18(12)11-13-4-5-15(19-3)14(8-13)9-16/h4-5,8,12H,6-7,10-11H2,1-3H3. The highest BCUT2D eigenvalue weighted by atomic mass is 16.5. The molecule has 0 N–H and O–H groups in total. The van der Waals surface area contributed by atoms with Gasteiger partial charge >= 0.3 is 0 Å². The molecule has 0 amide bonds. The molecule has 0 aliphatic carbocycles. The first-order valence-electron chi connectivity index (χ1n) is 6.63. The minimum Gasteiger partial charge on any atom is -0.495 e. The van der Waals surface area contributed by atoms with E-state index >= 15 is 0 Å². The molecule has 1 aromatic carbocycles. The van der Waals surface area contributed by atoms with Crippen LogP contribution in [0.3, 0.4) is 0 Å². The predicted octanol–water partition coefficient (Wildman–Crippen LogP) is 1.70. The fourth-order valence-corrected chi connectivity index (χ4v) is 2.59. The molecule has 1 atom stereocenters. The van der Waals surface area contributed by atoms with Crippen LogP contribution in [-0.2, 0) is 6.54 Å². The van der Waals surface area contributed by atoms with Crippen molar-refractivity contribution in [1.29, 1.82) is 5.26 Å². The monoisotopic (exact) mass is 259 g/mol. The van der Waals surface area contributed by atoms with Crippen molar-refractivity contribution in [2.75, 3.05) is 33.8 Å². The normalized spacial score (nSPS) is 21.1. The molecule has 4 heteroatoms. The first-order valence-corrected chi connectivity index (χ1v) is 6.63. The van der Waals surface area contributed by atoms with Crippen LogP contribution in [0.5, 0.6) is 5.75 Å². The molecular formula is C15H21N3O. The van der Waals surface area contributed by atoms with Crippen LogP contribution in [0.15, 0.2) is 18.2 Å². The molecule has 1 unspecified atom stereocenters. The lowest BCUT2D eigenvalue weighted by Gasteiger charge is -2.38. The summed E-state index contributed by atoms with van der Waals surface area (Å²) in [6, 6.07) is 8.60. The largest absolute Gasteiger partial charge is 0.495 e. The van der Waals surface area contributed by atoms with E-state index in [0.29, 0.717) is 17.4 Å². The van der Waals surface area contributed by atoms with Crippen LogP contribution in [0.2, 0.25) is 0 Å². The minimum absolute atomic E-state index is 0.548. The Bertz CT molecular complexity index is 481. The van der Waals surface area contributed by atoms with Gasteiger partial charge in [-0.2, -0.15) is 5.26 Å². The smallest absolute Gasteiger partial charge is 0.136 e. The maximum absolute atomic E-state index is 9.12. The number of hydrogen-bond donors (Lipinski definition) is 0. The number of ether oxygens (including phenoxy) is 1. The molecule has 1 aliphatic rings. The number of rotatable bonds is 3. The van der Waals surface area contributed by atoms with Crippen LogP contribution in [0.4, 0.5) is 0 Å². The average Bonchev–Trinajstić information content (AvgIpc) is 2.41. The van der Waals surface area contributed by atoms with Gasteiger partial charge < -0.3 is 9.64 Å². The van der Waals surface area contributed by atoms with Crippen LogP contribution in [0.1, 0.15) is 18.1 Å². The van der Waals surface area contributed by atoms with E-state index in [1.165, 1.54) is 5.56 Å². The van der Waals surface area contributed by atoms with Crippen molar-refractivity contribution in [3.63, 3.8) is 0 Å². The van der Waals surface area contributed by atoms with Gasteiger partial charge in [0.25, 0.3) is 0 Å². The summed E-state index contributed by atoms with van der Waals surface area (Å²) in [6.07, 6.45) is 0. The number of piperazine rings is 1. The Kier molecular flexibility index (Phi) is 4.41. The molecule has 1 fully saturated rings. The van der Waals surface area contributed by atoms with Gasteiger partial charge in [0.2, 0.25) is 0 Å². The van der Waals surface area contributed by atoms with Gasteiger partial charge in [-0.05, 0) is 31.7 Å². The first-order chi connectivity index (χ1) is 9.13. The molecule has 0 radical (unpaired) electrons. The summed E-state index contributed by atoms with van der Waals surface area (Å²) in [6.45, 7) is 6.43. The highest BCUT2D eigenvalue weighted by molar-refractivity contribution is 5.45. The molecule has 4 nitrogen and oxygen atoms in total. The predicted molar refractivity (Wildman–Crippen MR) is 75.1 cm³/mol. The van der Waals surface area contributed by atoms with Crippen molar-refractivity contribution in [1.82, 2.24) is 9.80 Å². The van der Waals surface area contributed by atoms with Crippen LogP contribution in [0, 0.1) is 11.3 Å². The minimum atomic E-state index is 0.548. The van der Waals surface area contributed by atoms with Gasteiger partial charge in [-0.25, -0.2) is 0 Å². The summed E-state index contributed by atoms with van der Waals surface area (Å²) in [5, 5.41) is 9.12. The number of likely N-dealkylation sites (N-methyl/N-ethyl adjacent to an activating group) is 1. The fourth-order valence-electron chi connectivity index (χ4n) is 2.59. The van der Waals surface area contributed by atoms with E-state index in [0.717, 1.165) is 26.2 Å². The van der Waals surface area contributed by atoms with Crippen molar-refractivity contribution in [2.45, 2.75) is 19.5 Å². The molecule has 0 bridgehead atoms. The van der Waals surface area contributed by atoms with Gasteiger partial charge in [0, 0.05) is 32.2 Å². The molecule has 1 saturated heterocycles. The highest BCUT2D eigenvalue weighted by Gasteiger charge is 2.21. The van der Waals surface area contributed by atoms with E-state index in [-0.39, 0.29) is 0 Å². The molecule has 19 heavy (non-hydrogen) atoms. The third-order valence-corrected chi connectivity index (χ3v) is 3.74. The second kappa shape index (κ2) is 6.05. The van der Waals surface area contributed by atoms with Crippen molar-refractivity contribution >= 4 is 0 Å². The Balaban J connectivity index is 2.09. The van der Waals surface area contributed by atoms with E-state index < -0.39 is 0 Å². The number of nitrogens with zero attached hydrogens (tertiary/aromatic N) is 3. The molecule has 102 valence electrons. The van der Waals surface area contributed by atoms with Gasteiger partial charge in [-0.1, -0.05) is 6.07 Å². The van der Waals surface area contributed by atoms with Crippen LogP contribution < -0.4 is 4.74 Å². The molecule has 2 rings (SSSR count). The average molecular weight is 259 g/mol. The van der Waals surface area contributed by atoms with E-state index in [1.54, 1.807) is 7.11 Å². The number of nitriles is 1. The summed E-state index contributed by atoms with van der Waals surface area (Å²) in [5.41, 5.74) is 1.79. The van der Waals surface area contributed by atoms with Gasteiger partial charge in [0.05, 0.1) is 12.7 Å². The zero-order valence-corrected chi connectivity index (χ0v) is 11.9. The second-order valence-corrected chi connectivity index (χ2v) is 5.23. The molecule has 0 aromatic heterocycles. The zero-order chi connectivity index (χ0) is 13.8. The molecule has 1 aliphatic heterocycles. The Hall–Kier alpha value is -1.57. The van der Waals surface area contributed by atoms with Crippen LogP contribution in [-0.4, -0.2) is 49.6 Å². The fraction of sp³-hybridized carbons (Fsp3) is 0.533. The van der Waals surface area contributed by atoms with Gasteiger partial charge in [-0.15, -0.1) is 0 Å². The second-order valence-electron chi connectivity index (χ2n) is 5.23. The number of hydrogen-bond acceptors (Lipinski definition) is 4. The SMILES string of the molecule is COc1ccc(CN2CCN(C)CC2C)cc1C#N. The topological polar surface area (TPSA) is 39.5 Å². The van der Waals surface area contributed by atoms with Crippen molar-refractivity contribution in [3.05, 3.63) is 29.3 Å². The van der Waals surface area contributed by atoms with Crippen molar-refractivity contribution in [3.8, 4) is 11.8 Å². The molecule has 1 aromatic rings. The molecule has 0 spiro atoms. The summed E-state index contributed by atoms with van der Waals surface area (Å²) >= 11 is 0. The summed E-state index contributed by atoms with van der Waals surface area (Å²) in [5.74, 6) is 0.651. The maximum Gasteiger partial charge on any atom is 0.136 e. The van der Waals surface area contributed by atoms with E-state index in [4.69, 9.17) is 10.00 Å². The van der Waals surface area contributed by atoms with Crippen LogP contribution in [0.25, 0.3) is 0 Å². The van der Waals surface area contributed by atoms with Crippen molar-refractivity contribution in [2.24, 2.45) is 0 Å². The van der Waals surface area contributed by atoms with Gasteiger partial charge in [0.15, 0.2) is 0 Å². The van der Waals surface area contributed by atoms with Crippen molar-refractivity contribution < 1.29 is 4.74 Å². The lowest BCUT2D eigenvalue weighted by Crippen LogP contribution is -2.49. The van der Waals surface area contributed by atoms with E-state index in [1.807, 2.05) is 18.2 Å². The summed E-state index contributed by atoms with van der Waals surface area (Å²) < 4.78 is 5.17. The lowest BCUT2D eigenvalue weighted by molar-refractivity contribution is 0.0938. The quantitative estimate of drug-likeness (QED) is 0.828. The lowest BCUT2D eigenvalue weighted by atomic mass is 10.1. The Labute approximate surface area is 115 Å². The number of benzene rings is 1. The summed E-state index contributed by atoms with van der Waals surface area (Å²) in [7, 11) is 3.76. The third-order valence-electron chi connectivity index (χ3n) is 3.74. The summed E-state index contributed by atoms with van der Waals surface area (Å²) in [4.78, 5) is 4.82. The zero-order valence-electron chi connectivity index (χ0n) is 11.9. The Morgan fingerprint density at radius 3 is 2.84 bits per heavy atom. The maximum atomic E-state index is 9.12. The molecular weight excluding hydrogens is 238 g/mol. The highest BCUT2D eigenvalue weighted by Crippen LogP contribution is 2.21. The van der Waals surface area contributed by atoms with Crippen LogP contribution >= 0.6 is 0 Å². The van der Waals surface area contributed by atoms with E-state index in [9.17, 15) is 0 Å². The van der Waals surface area contributed by atoms with Gasteiger partial charge in [-0.3, -0.25) is 4.90 Å². The molecule has 1 heterocycles. The Morgan fingerprint density at radius 1 is 1.42 bits per heavy atom. The first kappa shape index (κ1) is 13.9. The Morgan fingerprint density at radius 2 is 2.21 bits per heavy atom. The number of methoxy groups -OCH3 is 1. The molecule has 0 saturated carbocycles. The van der Waals surface area contributed by atoms with Gasteiger partial charge in [0.1, 0.15) is 11.8 Å². The van der Waals surface area contributed by atoms with E-state index in [2.05, 4.69) is 29.8 Å².